The molecule has 1 aliphatic heterocycles. The van der Waals surface area contributed by atoms with Gasteiger partial charge in [0.15, 0.2) is 6.17 Å². The first-order valence-electron chi connectivity index (χ1n) is 7.96. The van der Waals surface area contributed by atoms with Crippen molar-refractivity contribution in [3.63, 3.8) is 0 Å². The number of benzene rings is 2. The average molecular weight is 399 g/mol. The van der Waals surface area contributed by atoms with Crippen LogP contribution in [0.5, 0.6) is 0 Å². The van der Waals surface area contributed by atoms with E-state index in [2.05, 4.69) is 10.0 Å². The smallest absolute Gasteiger partial charge is 0.360 e. The molecule has 0 aliphatic carbocycles. The number of carbonyl (C=O) groups is 1. The first-order valence-corrected chi connectivity index (χ1v) is 9.44. The number of rotatable bonds is 4. The monoisotopic (exact) mass is 399 g/mol. The summed E-state index contributed by atoms with van der Waals surface area (Å²) >= 11 is 0. The van der Waals surface area contributed by atoms with Crippen LogP contribution in [0.25, 0.3) is 0 Å². The van der Waals surface area contributed by atoms with Crippen LogP contribution in [0.2, 0.25) is 0 Å². The van der Waals surface area contributed by atoms with Crippen LogP contribution in [0.4, 0.5) is 18.9 Å². The molecule has 0 saturated carbocycles. The lowest BCUT2D eigenvalue weighted by molar-refractivity contribution is -0.161. The Morgan fingerprint density at radius 2 is 1.70 bits per heavy atom. The van der Waals surface area contributed by atoms with E-state index in [9.17, 15) is 26.4 Å². The second-order valence-corrected chi connectivity index (χ2v) is 7.67. The number of hydrogen-bond acceptors (Lipinski definition) is 4. The van der Waals surface area contributed by atoms with Crippen LogP contribution in [0, 0.1) is 0 Å². The highest BCUT2D eigenvalue weighted by Gasteiger charge is 2.42. The van der Waals surface area contributed by atoms with Crippen molar-refractivity contribution in [3.8, 4) is 0 Å². The van der Waals surface area contributed by atoms with Gasteiger partial charge >= 0.3 is 6.18 Å². The van der Waals surface area contributed by atoms with Crippen molar-refractivity contribution < 1.29 is 26.4 Å². The predicted molar refractivity (Wildman–Crippen MR) is 92.3 cm³/mol. The molecule has 0 spiro atoms. The standard InChI is InChI=1S/C17H16F3N3O3S/c18-17(19,20)14(10-11-6-2-1-3-7-11)22-16(24)15-21-12-8-4-5-9-13(12)27(25,26)23-15/h1-9,14-15,21,23H,10H2,(H,22,24). The number of amides is 1. The molecule has 144 valence electrons. The van der Waals surface area contributed by atoms with Gasteiger partial charge in [-0.3, -0.25) is 4.79 Å². The minimum atomic E-state index is -4.70. The molecular formula is C17H16F3N3O3S. The Labute approximate surface area is 153 Å². The SMILES string of the molecule is O=C(NC(Cc1ccccc1)C(F)(F)F)C1Nc2ccccc2S(=O)(=O)N1. The maximum absolute atomic E-state index is 13.4. The zero-order valence-corrected chi connectivity index (χ0v) is 14.6. The number of halogens is 3. The first-order chi connectivity index (χ1) is 12.7. The van der Waals surface area contributed by atoms with Gasteiger partial charge in [-0.15, -0.1) is 0 Å². The number of para-hydroxylation sites is 1. The molecule has 6 nitrogen and oxygen atoms in total. The van der Waals surface area contributed by atoms with Crippen molar-refractivity contribution >= 4 is 21.6 Å². The lowest BCUT2D eigenvalue weighted by Crippen LogP contribution is -2.58. The third-order valence-electron chi connectivity index (χ3n) is 4.01. The van der Waals surface area contributed by atoms with Gasteiger partial charge in [-0.2, -0.15) is 17.9 Å². The topological polar surface area (TPSA) is 87.3 Å². The normalized spacial score (nSPS) is 19.4. The molecule has 1 heterocycles. The predicted octanol–water partition coefficient (Wildman–Crippen LogP) is 2.01. The third-order valence-corrected chi connectivity index (χ3v) is 5.49. The van der Waals surface area contributed by atoms with E-state index in [-0.39, 0.29) is 10.6 Å². The highest BCUT2D eigenvalue weighted by Crippen LogP contribution is 2.26. The summed E-state index contributed by atoms with van der Waals surface area (Å²) < 4.78 is 66.5. The van der Waals surface area contributed by atoms with E-state index in [1.807, 2.05) is 5.32 Å². The van der Waals surface area contributed by atoms with Crippen LogP contribution in [-0.4, -0.2) is 32.7 Å². The lowest BCUT2D eigenvalue weighted by atomic mass is 10.1. The van der Waals surface area contributed by atoms with E-state index < -0.39 is 40.7 Å². The van der Waals surface area contributed by atoms with Crippen molar-refractivity contribution in [1.29, 1.82) is 0 Å². The molecule has 0 bridgehead atoms. The quantitative estimate of drug-likeness (QED) is 0.734. The summed E-state index contributed by atoms with van der Waals surface area (Å²) in [6.07, 6.45) is -6.71. The highest BCUT2D eigenvalue weighted by atomic mass is 32.2. The molecule has 10 heteroatoms. The zero-order valence-electron chi connectivity index (χ0n) is 13.8. The maximum atomic E-state index is 13.4. The van der Waals surface area contributed by atoms with E-state index in [1.165, 1.54) is 30.3 Å². The first kappa shape index (κ1) is 19.2. The summed E-state index contributed by atoms with van der Waals surface area (Å²) in [4.78, 5) is 12.3. The molecule has 3 N–H and O–H groups in total. The number of carbonyl (C=O) groups excluding carboxylic acids is 1. The van der Waals surface area contributed by atoms with Crippen LogP contribution in [0.3, 0.4) is 0 Å². The molecule has 3 rings (SSSR count). The van der Waals surface area contributed by atoms with Crippen molar-refractivity contribution in [2.75, 3.05) is 5.32 Å². The van der Waals surface area contributed by atoms with Crippen molar-refractivity contribution in [2.45, 2.75) is 29.7 Å². The summed E-state index contributed by atoms with van der Waals surface area (Å²) in [6, 6.07) is 11.5. The highest BCUT2D eigenvalue weighted by molar-refractivity contribution is 7.89. The fourth-order valence-corrected chi connectivity index (χ4v) is 3.97. The van der Waals surface area contributed by atoms with Gasteiger partial charge in [0.05, 0.1) is 5.69 Å². The molecule has 1 aliphatic rings. The minimum Gasteiger partial charge on any atom is -0.360 e. The number of alkyl halides is 3. The van der Waals surface area contributed by atoms with Crippen molar-refractivity contribution in [1.82, 2.24) is 10.0 Å². The summed E-state index contributed by atoms with van der Waals surface area (Å²) in [5.74, 6) is -1.12. The summed E-state index contributed by atoms with van der Waals surface area (Å²) in [5.41, 5.74) is 0.533. The van der Waals surface area contributed by atoms with E-state index in [1.54, 1.807) is 24.3 Å². The number of nitrogens with one attached hydrogen (secondary N) is 3. The maximum Gasteiger partial charge on any atom is 0.408 e. The molecule has 0 saturated heterocycles. The third kappa shape index (κ3) is 4.40. The molecule has 0 aromatic heterocycles. The molecule has 2 atom stereocenters. The number of hydrogen-bond donors (Lipinski definition) is 3. The fraction of sp³-hybridized carbons (Fsp3) is 0.235. The lowest BCUT2D eigenvalue weighted by Gasteiger charge is -2.29. The molecule has 2 aromatic rings. The summed E-state index contributed by atoms with van der Waals surface area (Å²) in [5, 5.41) is 4.49. The van der Waals surface area contributed by atoms with Crippen LogP contribution in [0.1, 0.15) is 5.56 Å². The van der Waals surface area contributed by atoms with Crippen LogP contribution in [0.15, 0.2) is 59.5 Å². The van der Waals surface area contributed by atoms with E-state index in [0.29, 0.717) is 5.56 Å². The molecule has 0 fully saturated rings. The Morgan fingerprint density at radius 3 is 2.37 bits per heavy atom. The van der Waals surface area contributed by atoms with Gasteiger partial charge in [0, 0.05) is 6.42 Å². The Balaban J connectivity index is 1.78. The molecule has 2 unspecified atom stereocenters. The molecule has 1 amide bonds. The number of anilines is 1. The van der Waals surface area contributed by atoms with Crippen LogP contribution >= 0.6 is 0 Å². The summed E-state index contributed by atoms with van der Waals surface area (Å²) in [7, 11) is -4.02. The minimum absolute atomic E-state index is 0.0780. The molecule has 0 radical (unpaired) electrons. The van der Waals surface area contributed by atoms with Crippen molar-refractivity contribution in [3.05, 3.63) is 60.2 Å². The van der Waals surface area contributed by atoms with Gasteiger partial charge in [0.25, 0.3) is 5.91 Å². The number of fused-ring (bicyclic) bond motifs is 1. The van der Waals surface area contributed by atoms with E-state index in [0.717, 1.165) is 0 Å². The zero-order chi connectivity index (χ0) is 19.7. The molecule has 2 aromatic carbocycles. The van der Waals surface area contributed by atoms with Crippen molar-refractivity contribution in [2.24, 2.45) is 0 Å². The Morgan fingerprint density at radius 1 is 1.07 bits per heavy atom. The van der Waals surface area contributed by atoms with E-state index >= 15 is 0 Å². The van der Waals surface area contributed by atoms with Crippen LogP contribution < -0.4 is 15.4 Å². The Bertz CT molecular complexity index is 933. The number of sulfonamides is 1. The van der Waals surface area contributed by atoms with Gasteiger partial charge in [0.1, 0.15) is 10.9 Å². The Kier molecular flexibility index (Phi) is 5.11. The van der Waals surface area contributed by atoms with Gasteiger partial charge in [-0.05, 0) is 17.7 Å². The molecule has 27 heavy (non-hydrogen) atoms. The second-order valence-electron chi connectivity index (χ2n) is 5.99. The van der Waals surface area contributed by atoms with E-state index in [4.69, 9.17) is 0 Å². The second kappa shape index (κ2) is 7.20. The largest absolute Gasteiger partial charge is 0.408 e. The van der Waals surface area contributed by atoms with Gasteiger partial charge in [0.2, 0.25) is 10.0 Å². The van der Waals surface area contributed by atoms with Gasteiger partial charge in [-0.1, -0.05) is 42.5 Å². The average Bonchev–Trinajstić information content (AvgIpc) is 2.60. The Hall–Kier alpha value is -2.59. The van der Waals surface area contributed by atoms with Gasteiger partial charge in [-0.25, -0.2) is 8.42 Å². The fourth-order valence-electron chi connectivity index (χ4n) is 2.70. The summed E-state index contributed by atoms with van der Waals surface area (Å²) in [6.45, 7) is 0. The van der Waals surface area contributed by atoms with Crippen LogP contribution in [-0.2, 0) is 21.2 Å². The van der Waals surface area contributed by atoms with Gasteiger partial charge < -0.3 is 10.6 Å². The molecular weight excluding hydrogens is 383 g/mol.